The summed E-state index contributed by atoms with van der Waals surface area (Å²) in [7, 11) is 1.00. The average Bonchev–Trinajstić information content (AvgIpc) is 2.49. The molecule has 0 bridgehead atoms. The van der Waals surface area contributed by atoms with E-state index in [1.165, 1.54) is 0 Å². The average molecular weight is 313 g/mol. The molecule has 1 unspecified atom stereocenters. The molecule has 3 nitrogen and oxygen atoms in total. The number of halogens is 2. The third kappa shape index (κ3) is 4.32. The van der Waals surface area contributed by atoms with Crippen LogP contribution < -0.4 is 0 Å². The summed E-state index contributed by atoms with van der Waals surface area (Å²) >= 11 is 11.5. The van der Waals surface area contributed by atoms with Gasteiger partial charge in [-0.3, -0.25) is 4.79 Å². The van der Waals surface area contributed by atoms with Crippen LogP contribution in [-0.2, 0) is 0 Å². The number of aliphatic hydroxyl groups is 2. The first-order chi connectivity index (χ1) is 9.58. The summed E-state index contributed by atoms with van der Waals surface area (Å²) in [6, 6.07) is 12.9. The lowest BCUT2D eigenvalue weighted by Crippen LogP contribution is -2.12. The van der Waals surface area contributed by atoms with Gasteiger partial charge in [-0.2, -0.15) is 0 Å². The lowest BCUT2D eigenvalue weighted by Gasteiger charge is -2.10. The molecule has 0 fully saturated rings. The molecule has 106 valence electrons. The third-order valence-corrected chi connectivity index (χ3v) is 3.07. The quantitative estimate of drug-likeness (QED) is 0.853. The molecule has 0 aliphatic carbocycles. The standard InChI is InChI=1S/C14H10Cl2O2.CH4O/c15-11-5-1-9(2-6-11)13(17)14(18)10-3-7-12(16)8-4-10;1-2/h1-8,13,17H;2H,1H3. The maximum Gasteiger partial charge on any atom is 0.195 e. The Balaban J connectivity index is 0.000000956. The molecule has 0 heterocycles. The van der Waals surface area contributed by atoms with Gasteiger partial charge < -0.3 is 10.2 Å². The maximum absolute atomic E-state index is 12.0. The van der Waals surface area contributed by atoms with Crippen LogP contribution in [0.15, 0.2) is 48.5 Å². The third-order valence-electron chi connectivity index (χ3n) is 2.56. The fourth-order valence-electron chi connectivity index (χ4n) is 1.57. The summed E-state index contributed by atoms with van der Waals surface area (Å²) in [6.07, 6.45) is -1.19. The van der Waals surface area contributed by atoms with E-state index in [1.807, 2.05) is 0 Å². The Kier molecular flexibility index (Phi) is 6.68. The lowest BCUT2D eigenvalue weighted by molar-refractivity contribution is 0.0747. The van der Waals surface area contributed by atoms with E-state index in [0.29, 0.717) is 21.2 Å². The van der Waals surface area contributed by atoms with Crippen molar-refractivity contribution in [2.45, 2.75) is 6.10 Å². The fraction of sp³-hybridized carbons (Fsp3) is 0.133. The van der Waals surface area contributed by atoms with E-state index >= 15 is 0 Å². The number of benzene rings is 2. The summed E-state index contributed by atoms with van der Waals surface area (Å²) in [5.41, 5.74) is 0.932. The van der Waals surface area contributed by atoms with Crippen molar-refractivity contribution in [2.75, 3.05) is 7.11 Å². The number of carbonyl (C=O) groups is 1. The Morgan fingerprint density at radius 1 is 0.900 bits per heavy atom. The number of rotatable bonds is 3. The predicted molar refractivity (Wildman–Crippen MR) is 80.3 cm³/mol. The zero-order valence-electron chi connectivity index (χ0n) is 10.8. The largest absolute Gasteiger partial charge is 0.400 e. The van der Waals surface area contributed by atoms with Crippen LogP contribution in [0.4, 0.5) is 0 Å². The van der Waals surface area contributed by atoms with Gasteiger partial charge in [0.25, 0.3) is 0 Å². The Morgan fingerprint density at radius 3 is 1.75 bits per heavy atom. The molecule has 0 aliphatic rings. The van der Waals surface area contributed by atoms with E-state index in [4.69, 9.17) is 28.3 Å². The van der Waals surface area contributed by atoms with Crippen LogP contribution in [0.3, 0.4) is 0 Å². The molecular weight excluding hydrogens is 299 g/mol. The molecular formula is C15H14Cl2O3. The van der Waals surface area contributed by atoms with Gasteiger partial charge in [0.1, 0.15) is 6.10 Å². The highest BCUT2D eigenvalue weighted by molar-refractivity contribution is 6.31. The predicted octanol–water partition coefficient (Wildman–Crippen LogP) is 3.52. The van der Waals surface area contributed by atoms with Crippen LogP contribution in [0.2, 0.25) is 10.0 Å². The molecule has 0 aliphatic heterocycles. The second-order valence-corrected chi connectivity index (χ2v) is 4.70. The Morgan fingerprint density at radius 2 is 1.30 bits per heavy atom. The minimum Gasteiger partial charge on any atom is -0.400 e. The molecule has 0 radical (unpaired) electrons. The number of aliphatic hydroxyl groups excluding tert-OH is 2. The highest BCUT2D eigenvalue weighted by Gasteiger charge is 2.18. The number of hydrogen-bond acceptors (Lipinski definition) is 3. The molecule has 1 atom stereocenters. The first-order valence-electron chi connectivity index (χ1n) is 5.76. The zero-order valence-corrected chi connectivity index (χ0v) is 12.3. The van der Waals surface area contributed by atoms with Crippen LogP contribution >= 0.6 is 23.2 Å². The number of ketones is 1. The summed E-state index contributed by atoms with van der Waals surface area (Å²) < 4.78 is 0. The zero-order chi connectivity index (χ0) is 15.1. The SMILES string of the molecule is CO.O=C(c1ccc(Cl)cc1)C(O)c1ccc(Cl)cc1. The molecule has 2 aromatic carbocycles. The smallest absolute Gasteiger partial charge is 0.195 e. The van der Waals surface area contributed by atoms with E-state index in [2.05, 4.69) is 0 Å². The Bertz CT molecular complexity index is 550. The molecule has 20 heavy (non-hydrogen) atoms. The van der Waals surface area contributed by atoms with E-state index in [-0.39, 0.29) is 5.78 Å². The van der Waals surface area contributed by atoms with Gasteiger partial charge >= 0.3 is 0 Å². The second kappa shape index (κ2) is 8.02. The van der Waals surface area contributed by atoms with Crippen molar-refractivity contribution in [3.63, 3.8) is 0 Å². The Hall–Kier alpha value is -1.39. The van der Waals surface area contributed by atoms with Crippen molar-refractivity contribution in [2.24, 2.45) is 0 Å². The van der Waals surface area contributed by atoms with Crippen LogP contribution in [0.1, 0.15) is 22.0 Å². The summed E-state index contributed by atoms with van der Waals surface area (Å²) in [6.45, 7) is 0. The van der Waals surface area contributed by atoms with E-state index < -0.39 is 6.10 Å². The van der Waals surface area contributed by atoms with Crippen molar-refractivity contribution in [1.29, 1.82) is 0 Å². The molecule has 0 spiro atoms. The van der Waals surface area contributed by atoms with Gasteiger partial charge in [-0.1, -0.05) is 35.3 Å². The maximum atomic E-state index is 12.0. The van der Waals surface area contributed by atoms with Crippen molar-refractivity contribution in [3.05, 3.63) is 69.7 Å². The van der Waals surface area contributed by atoms with Gasteiger partial charge in [0.15, 0.2) is 5.78 Å². The molecule has 0 saturated heterocycles. The highest BCUT2D eigenvalue weighted by Crippen LogP contribution is 2.21. The van der Waals surface area contributed by atoms with E-state index in [1.54, 1.807) is 48.5 Å². The molecule has 0 saturated carbocycles. The van der Waals surface area contributed by atoms with Crippen molar-refractivity contribution in [1.82, 2.24) is 0 Å². The van der Waals surface area contributed by atoms with Gasteiger partial charge in [-0.15, -0.1) is 0 Å². The molecule has 2 rings (SSSR count). The lowest BCUT2D eigenvalue weighted by atomic mass is 10.0. The van der Waals surface area contributed by atoms with E-state index in [0.717, 1.165) is 7.11 Å². The van der Waals surface area contributed by atoms with Crippen LogP contribution in [-0.4, -0.2) is 23.1 Å². The number of Topliss-reactive ketones (excluding diaryl/α,β-unsaturated/α-hetero) is 1. The normalized spacial score (nSPS) is 11.2. The minimum atomic E-state index is -1.19. The number of hydrogen-bond donors (Lipinski definition) is 2. The topological polar surface area (TPSA) is 57.5 Å². The van der Waals surface area contributed by atoms with Crippen molar-refractivity contribution < 1.29 is 15.0 Å². The Labute approximate surface area is 127 Å². The molecule has 0 amide bonds. The summed E-state index contributed by atoms with van der Waals surface area (Å²) in [5, 5.41) is 18.1. The molecule has 5 heteroatoms. The number of carbonyl (C=O) groups excluding carboxylic acids is 1. The fourth-order valence-corrected chi connectivity index (χ4v) is 1.82. The van der Waals surface area contributed by atoms with Crippen molar-refractivity contribution >= 4 is 29.0 Å². The van der Waals surface area contributed by atoms with Gasteiger partial charge in [0, 0.05) is 22.7 Å². The second-order valence-electron chi connectivity index (χ2n) is 3.83. The molecule has 2 N–H and O–H groups in total. The monoisotopic (exact) mass is 312 g/mol. The molecule has 0 aromatic heterocycles. The highest BCUT2D eigenvalue weighted by atomic mass is 35.5. The van der Waals surface area contributed by atoms with Crippen molar-refractivity contribution in [3.8, 4) is 0 Å². The summed E-state index contributed by atoms with van der Waals surface area (Å²) in [5.74, 6) is -0.367. The van der Waals surface area contributed by atoms with Crippen LogP contribution in [0.5, 0.6) is 0 Å². The van der Waals surface area contributed by atoms with Gasteiger partial charge in [-0.05, 0) is 42.0 Å². The van der Waals surface area contributed by atoms with Gasteiger partial charge in [-0.25, -0.2) is 0 Å². The first-order valence-corrected chi connectivity index (χ1v) is 6.51. The molecule has 2 aromatic rings. The van der Waals surface area contributed by atoms with Gasteiger partial charge in [0.2, 0.25) is 0 Å². The first kappa shape index (κ1) is 16.7. The summed E-state index contributed by atoms with van der Waals surface area (Å²) in [4.78, 5) is 12.0. The minimum absolute atomic E-state index is 0.367. The van der Waals surface area contributed by atoms with Gasteiger partial charge in [0.05, 0.1) is 0 Å². The van der Waals surface area contributed by atoms with Crippen LogP contribution in [0, 0.1) is 0 Å². The van der Waals surface area contributed by atoms with E-state index in [9.17, 15) is 9.90 Å². The van der Waals surface area contributed by atoms with Crippen LogP contribution in [0.25, 0.3) is 0 Å².